The van der Waals surface area contributed by atoms with Crippen molar-refractivity contribution in [3.63, 3.8) is 0 Å². The van der Waals surface area contributed by atoms with Crippen molar-refractivity contribution in [2.24, 2.45) is 0 Å². The molecule has 2 aromatic carbocycles. The molecule has 0 fully saturated rings. The van der Waals surface area contributed by atoms with Crippen LogP contribution >= 0.6 is 27.5 Å². The van der Waals surface area contributed by atoms with Crippen LogP contribution in [0.3, 0.4) is 0 Å². The zero-order chi connectivity index (χ0) is 13.8. The van der Waals surface area contributed by atoms with E-state index in [9.17, 15) is 4.39 Å². The normalized spacial score (nSPS) is 10.3. The first-order valence-electron chi connectivity index (χ1n) is 5.62. The molecule has 2 nitrogen and oxygen atoms in total. The number of rotatable bonds is 4. The first kappa shape index (κ1) is 14.2. The smallest absolute Gasteiger partial charge is 0.156 e. The molecule has 0 saturated heterocycles. The highest BCUT2D eigenvalue weighted by Crippen LogP contribution is 2.36. The predicted molar refractivity (Wildman–Crippen MR) is 79.4 cm³/mol. The lowest BCUT2D eigenvalue weighted by molar-refractivity contribution is 0.414. The number of anilines is 1. The summed E-state index contributed by atoms with van der Waals surface area (Å²) in [7, 11) is 1.57. The van der Waals surface area contributed by atoms with Crippen LogP contribution in [0, 0.1) is 5.82 Å². The van der Waals surface area contributed by atoms with Gasteiger partial charge in [-0.2, -0.15) is 0 Å². The van der Waals surface area contributed by atoms with Gasteiger partial charge in [0.25, 0.3) is 0 Å². The van der Waals surface area contributed by atoms with Crippen molar-refractivity contribution >= 4 is 33.2 Å². The maximum atomic E-state index is 13.5. The number of methoxy groups -OCH3 is 1. The fourth-order valence-electron chi connectivity index (χ4n) is 1.73. The van der Waals surface area contributed by atoms with Crippen molar-refractivity contribution in [1.29, 1.82) is 0 Å². The molecule has 0 spiro atoms. The molecule has 0 aliphatic rings. The van der Waals surface area contributed by atoms with Crippen LogP contribution in [0.4, 0.5) is 10.1 Å². The topological polar surface area (TPSA) is 21.3 Å². The lowest BCUT2D eigenvalue weighted by atomic mass is 10.2. The van der Waals surface area contributed by atoms with Gasteiger partial charge in [0.05, 0.1) is 17.3 Å². The average Bonchev–Trinajstić information content (AvgIpc) is 2.37. The monoisotopic (exact) mass is 343 g/mol. The number of halogens is 3. The maximum Gasteiger partial charge on any atom is 0.156 e. The van der Waals surface area contributed by atoms with E-state index in [1.54, 1.807) is 37.4 Å². The van der Waals surface area contributed by atoms with E-state index in [0.717, 1.165) is 4.47 Å². The lowest BCUT2D eigenvalue weighted by Crippen LogP contribution is -2.03. The maximum absolute atomic E-state index is 13.5. The minimum atomic E-state index is -0.241. The van der Waals surface area contributed by atoms with Crippen molar-refractivity contribution in [2.45, 2.75) is 6.54 Å². The Morgan fingerprint density at radius 2 is 2.05 bits per heavy atom. The molecule has 1 N–H and O–H groups in total. The quantitative estimate of drug-likeness (QED) is 0.855. The van der Waals surface area contributed by atoms with E-state index in [2.05, 4.69) is 21.2 Å². The predicted octanol–water partition coefficient (Wildman–Crippen LogP) is 4.86. The highest BCUT2D eigenvalue weighted by atomic mass is 79.9. The van der Waals surface area contributed by atoms with E-state index < -0.39 is 0 Å². The Hall–Kier alpha value is -1.26. The Bertz CT molecular complexity index is 592. The van der Waals surface area contributed by atoms with Crippen LogP contribution < -0.4 is 10.1 Å². The molecule has 0 amide bonds. The highest BCUT2D eigenvalue weighted by molar-refractivity contribution is 9.10. The molecule has 0 atom stereocenters. The first-order valence-corrected chi connectivity index (χ1v) is 6.79. The fraction of sp³-hybridized carbons (Fsp3) is 0.143. The zero-order valence-electron chi connectivity index (χ0n) is 10.2. The summed E-state index contributed by atoms with van der Waals surface area (Å²) in [4.78, 5) is 0. The van der Waals surface area contributed by atoms with E-state index >= 15 is 0 Å². The van der Waals surface area contributed by atoms with E-state index in [1.807, 2.05) is 0 Å². The number of ether oxygens (including phenoxy) is 1. The van der Waals surface area contributed by atoms with Gasteiger partial charge in [0.15, 0.2) is 5.75 Å². The number of hydrogen-bond acceptors (Lipinski definition) is 2. The SMILES string of the molecule is COc1c(Br)cc(Cl)cc1NCc1ccccc1F. The molecular formula is C14H12BrClFNO. The van der Waals surface area contributed by atoms with Gasteiger partial charge in [0.2, 0.25) is 0 Å². The van der Waals surface area contributed by atoms with Crippen molar-refractivity contribution in [1.82, 2.24) is 0 Å². The van der Waals surface area contributed by atoms with Crippen LogP contribution in [0.1, 0.15) is 5.56 Å². The van der Waals surface area contributed by atoms with Gasteiger partial charge in [0.1, 0.15) is 5.82 Å². The third-order valence-corrected chi connectivity index (χ3v) is 3.45. The van der Waals surface area contributed by atoms with E-state index in [1.165, 1.54) is 6.07 Å². The molecule has 0 aliphatic heterocycles. The molecular weight excluding hydrogens is 333 g/mol. The summed E-state index contributed by atoms with van der Waals surface area (Å²) < 4.78 is 19.6. The molecule has 19 heavy (non-hydrogen) atoms. The van der Waals surface area contributed by atoms with Crippen molar-refractivity contribution in [3.8, 4) is 5.75 Å². The highest BCUT2D eigenvalue weighted by Gasteiger charge is 2.10. The van der Waals surface area contributed by atoms with Crippen LogP contribution in [0.2, 0.25) is 5.02 Å². The van der Waals surface area contributed by atoms with Crippen molar-refractivity contribution in [2.75, 3.05) is 12.4 Å². The Morgan fingerprint density at radius 3 is 2.74 bits per heavy atom. The molecule has 0 aromatic heterocycles. The van der Waals surface area contributed by atoms with Gasteiger partial charge in [-0.05, 0) is 34.1 Å². The van der Waals surface area contributed by atoms with Crippen molar-refractivity contribution in [3.05, 3.63) is 57.3 Å². The molecule has 100 valence electrons. The molecule has 0 unspecified atom stereocenters. The van der Waals surface area contributed by atoms with Crippen molar-refractivity contribution < 1.29 is 9.13 Å². The van der Waals surface area contributed by atoms with Crippen LogP contribution in [0.15, 0.2) is 40.9 Å². The van der Waals surface area contributed by atoms with Gasteiger partial charge >= 0.3 is 0 Å². The van der Waals surface area contributed by atoms with E-state index in [-0.39, 0.29) is 5.82 Å². The van der Waals surface area contributed by atoms with Crippen LogP contribution in [-0.4, -0.2) is 7.11 Å². The zero-order valence-corrected chi connectivity index (χ0v) is 12.6. The molecule has 0 aliphatic carbocycles. The second-order valence-electron chi connectivity index (χ2n) is 3.91. The first-order chi connectivity index (χ1) is 9.11. The third-order valence-electron chi connectivity index (χ3n) is 2.64. The van der Waals surface area contributed by atoms with Gasteiger partial charge in [-0.1, -0.05) is 29.8 Å². The van der Waals surface area contributed by atoms with Crippen LogP contribution in [0.25, 0.3) is 0 Å². The number of hydrogen-bond donors (Lipinski definition) is 1. The molecule has 0 bridgehead atoms. The Labute approximate surface area is 124 Å². The van der Waals surface area contributed by atoms with Gasteiger partial charge in [-0.25, -0.2) is 4.39 Å². The van der Waals surface area contributed by atoms with Gasteiger partial charge < -0.3 is 10.1 Å². The Balaban J connectivity index is 2.22. The van der Waals surface area contributed by atoms with Gasteiger partial charge in [0, 0.05) is 17.1 Å². The number of nitrogens with one attached hydrogen (secondary N) is 1. The average molecular weight is 345 g/mol. The minimum Gasteiger partial charge on any atom is -0.493 e. The second kappa shape index (κ2) is 6.26. The summed E-state index contributed by atoms with van der Waals surface area (Å²) in [6.07, 6.45) is 0. The summed E-state index contributed by atoms with van der Waals surface area (Å²) in [6, 6.07) is 10.1. The van der Waals surface area contributed by atoms with Gasteiger partial charge in [-0.3, -0.25) is 0 Å². The summed E-state index contributed by atoms with van der Waals surface area (Å²) in [5.74, 6) is 0.399. The van der Waals surface area contributed by atoms with E-state index in [0.29, 0.717) is 28.6 Å². The van der Waals surface area contributed by atoms with Gasteiger partial charge in [-0.15, -0.1) is 0 Å². The van der Waals surface area contributed by atoms with Crippen LogP contribution in [0.5, 0.6) is 5.75 Å². The lowest BCUT2D eigenvalue weighted by Gasteiger charge is -2.13. The van der Waals surface area contributed by atoms with E-state index in [4.69, 9.17) is 16.3 Å². The molecule has 0 radical (unpaired) electrons. The summed E-state index contributed by atoms with van der Waals surface area (Å²) >= 11 is 9.37. The summed E-state index contributed by atoms with van der Waals surface area (Å²) in [6.45, 7) is 0.357. The molecule has 0 heterocycles. The largest absolute Gasteiger partial charge is 0.493 e. The standard InChI is InChI=1S/C14H12BrClFNO/c1-19-14-11(15)6-10(16)7-13(14)18-8-9-4-2-3-5-12(9)17/h2-7,18H,8H2,1H3. The van der Waals surface area contributed by atoms with Crippen LogP contribution in [-0.2, 0) is 6.54 Å². The summed E-state index contributed by atoms with van der Waals surface area (Å²) in [5.41, 5.74) is 1.30. The number of benzene rings is 2. The Morgan fingerprint density at radius 1 is 1.32 bits per heavy atom. The molecule has 0 saturated carbocycles. The fourth-order valence-corrected chi connectivity index (χ4v) is 2.70. The molecule has 5 heteroatoms. The third kappa shape index (κ3) is 3.39. The molecule has 2 aromatic rings. The summed E-state index contributed by atoms with van der Waals surface area (Å²) in [5, 5.41) is 3.70. The molecule has 2 rings (SSSR count). The Kier molecular flexibility index (Phi) is 4.66. The second-order valence-corrected chi connectivity index (χ2v) is 5.20. The minimum absolute atomic E-state index is 0.241.